The molecule has 1 amide bonds. The lowest BCUT2D eigenvalue weighted by Gasteiger charge is -2.20. The summed E-state index contributed by atoms with van der Waals surface area (Å²) in [6.45, 7) is 1.68. The zero-order valence-corrected chi connectivity index (χ0v) is 9.23. The van der Waals surface area contributed by atoms with Crippen LogP contribution in [0.5, 0.6) is 0 Å². The maximum atomic E-state index is 11.6. The number of carbonyl (C=O) groups is 1. The molecule has 0 aromatic rings. The van der Waals surface area contributed by atoms with Gasteiger partial charge in [-0.15, -0.1) is 0 Å². The topological polar surface area (TPSA) is 52.9 Å². The highest BCUT2D eigenvalue weighted by Gasteiger charge is 2.38. The van der Waals surface area contributed by atoms with Crippen LogP contribution in [-0.2, 0) is 4.79 Å². The van der Waals surface area contributed by atoms with Crippen LogP contribution in [0.4, 0.5) is 0 Å². The fraction of sp³-hybridized carbons (Fsp3) is 0.778. The largest absolute Gasteiger partial charge is 0.339 e. The molecule has 0 bridgehead atoms. The molecule has 1 N–H and O–H groups in total. The van der Waals surface area contributed by atoms with E-state index in [1.54, 1.807) is 6.92 Å². The second-order valence-corrected chi connectivity index (χ2v) is 5.01. The number of rotatable bonds is 2. The number of nitriles is 1. The molecule has 0 aromatic carbocycles. The van der Waals surface area contributed by atoms with E-state index in [1.807, 2.05) is 6.07 Å². The predicted molar refractivity (Wildman–Crippen MR) is 53.3 cm³/mol. The molecule has 0 aliphatic heterocycles. The van der Waals surface area contributed by atoms with E-state index in [1.165, 1.54) is 0 Å². The molecule has 13 heavy (non-hydrogen) atoms. The van der Waals surface area contributed by atoms with Crippen molar-refractivity contribution in [2.24, 2.45) is 0 Å². The first-order chi connectivity index (χ1) is 6.08. The van der Waals surface area contributed by atoms with Crippen LogP contribution >= 0.6 is 15.9 Å². The van der Waals surface area contributed by atoms with Crippen LogP contribution < -0.4 is 5.32 Å². The predicted octanol–water partition coefficient (Wildman–Crippen LogP) is 1.72. The molecule has 4 heteroatoms. The highest BCUT2D eigenvalue weighted by Crippen LogP contribution is 2.37. The summed E-state index contributed by atoms with van der Waals surface area (Å²) in [7, 11) is 0. The zero-order chi connectivity index (χ0) is 9.90. The van der Waals surface area contributed by atoms with Gasteiger partial charge in [0.1, 0.15) is 10.4 Å². The maximum absolute atomic E-state index is 11.6. The van der Waals surface area contributed by atoms with Crippen LogP contribution in [0.25, 0.3) is 0 Å². The van der Waals surface area contributed by atoms with Crippen LogP contribution in [0.15, 0.2) is 0 Å². The third kappa shape index (κ3) is 2.44. The summed E-state index contributed by atoms with van der Waals surface area (Å²) >= 11 is 3.45. The van der Waals surface area contributed by atoms with Gasteiger partial charge >= 0.3 is 0 Å². The van der Waals surface area contributed by atoms with Gasteiger partial charge in [0, 0.05) is 0 Å². The van der Waals surface area contributed by atoms with E-state index in [2.05, 4.69) is 21.2 Å². The third-order valence-corrected chi connectivity index (χ3v) is 3.50. The molecule has 1 rings (SSSR count). The highest BCUT2D eigenvalue weighted by atomic mass is 79.9. The fourth-order valence-electron chi connectivity index (χ4n) is 1.52. The van der Waals surface area contributed by atoms with Crippen molar-refractivity contribution in [2.75, 3.05) is 0 Å². The number of halogens is 1. The summed E-state index contributed by atoms with van der Waals surface area (Å²) in [5.41, 5.74) is 0. The minimum atomic E-state index is -0.405. The van der Waals surface area contributed by atoms with E-state index in [0.717, 1.165) is 25.7 Å². The van der Waals surface area contributed by atoms with Crippen molar-refractivity contribution in [1.82, 2.24) is 5.32 Å². The van der Waals surface area contributed by atoms with Crippen LogP contribution in [0.1, 0.15) is 32.6 Å². The van der Waals surface area contributed by atoms with Gasteiger partial charge in [0.05, 0.1) is 6.07 Å². The van der Waals surface area contributed by atoms with Gasteiger partial charge in [-0.1, -0.05) is 28.8 Å². The SMILES string of the molecule is C[C@@H](C#N)NC(=O)C1(Br)CCCC1. The van der Waals surface area contributed by atoms with Crippen molar-refractivity contribution >= 4 is 21.8 Å². The van der Waals surface area contributed by atoms with Crippen molar-refractivity contribution in [3.05, 3.63) is 0 Å². The van der Waals surface area contributed by atoms with Crippen molar-refractivity contribution in [2.45, 2.75) is 43.0 Å². The lowest BCUT2D eigenvalue weighted by atomic mass is 10.1. The molecule has 0 radical (unpaired) electrons. The van der Waals surface area contributed by atoms with Crippen LogP contribution in [0.2, 0.25) is 0 Å². The van der Waals surface area contributed by atoms with Crippen LogP contribution in [0, 0.1) is 11.3 Å². The number of nitrogens with one attached hydrogen (secondary N) is 1. The van der Waals surface area contributed by atoms with E-state index in [0.29, 0.717) is 0 Å². The Hall–Kier alpha value is -0.560. The number of hydrogen-bond acceptors (Lipinski definition) is 2. The molecule has 1 aliphatic rings. The minimum Gasteiger partial charge on any atom is -0.339 e. The number of hydrogen-bond donors (Lipinski definition) is 1. The molecular weight excluding hydrogens is 232 g/mol. The Morgan fingerprint density at radius 2 is 2.15 bits per heavy atom. The van der Waals surface area contributed by atoms with Crippen molar-refractivity contribution in [3.8, 4) is 6.07 Å². The van der Waals surface area contributed by atoms with Gasteiger partial charge in [0.25, 0.3) is 0 Å². The Morgan fingerprint density at radius 1 is 1.62 bits per heavy atom. The summed E-state index contributed by atoms with van der Waals surface area (Å²) < 4.78 is -0.405. The third-order valence-electron chi connectivity index (χ3n) is 2.34. The van der Waals surface area contributed by atoms with Crippen molar-refractivity contribution in [1.29, 1.82) is 5.26 Å². The molecule has 1 fully saturated rings. The van der Waals surface area contributed by atoms with Crippen LogP contribution in [0.3, 0.4) is 0 Å². The van der Waals surface area contributed by atoms with Gasteiger partial charge in [-0.3, -0.25) is 4.79 Å². The Kier molecular flexibility index (Phi) is 3.32. The summed E-state index contributed by atoms with van der Waals surface area (Å²) in [5, 5.41) is 11.2. The van der Waals surface area contributed by atoms with E-state index < -0.39 is 10.4 Å². The number of amides is 1. The Morgan fingerprint density at radius 3 is 2.62 bits per heavy atom. The Balaban J connectivity index is 2.52. The second kappa shape index (κ2) is 4.10. The smallest absolute Gasteiger partial charge is 0.237 e. The molecule has 0 aromatic heterocycles. The van der Waals surface area contributed by atoms with Gasteiger partial charge in [0.2, 0.25) is 5.91 Å². The number of carbonyl (C=O) groups excluding carboxylic acids is 1. The van der Waals surface area contributed by atoms with Gasteiger partial charge in [-0.2, -0.15) is 5.26 Å². The first-order valence-corrected chi connectivity index (χ1v) is 5.27. The lowest BCUT2D eigenvalue weighted by molar-refractivity contribution is -0.123. The summed E-state index contributed by atoms with van der Waals surface area (Å²) in [6.07, 6.45) is 3.91. The number of alkyl halides is 1. The van der Waals surface area contributed by atoms with E-state index in [4.69, 9.17) is 5.26 Å². The molecular formula is C9H13BrN2O. The van der Waals surface area contributed by atoms with Crippen molar-refractivity contribution in [3.63, 3.8) is 0 Å². The minimum absolute atomic E-state index is 0.0425. The molecule has 1 saturated carbocycles. The normalized spacial score (nSPS) is 21.9. The molecule has 3 nitrogen and oxygen atoms in total. The summed E-state index contributed by atoms with van der Waals surface area (Å²) in [4.78, 5) is 11.6. The van der Waals surface area contributed by atoms with E-state index in [9.17, 15) is 4.79 Å². The van der Waals surface area contributed by atoms with Gasteiger partial charge in [-0.25, -0.2) is 0 Å². The number of nitrogens with zero attached hydrogens (tertiary/aromatic N) is 1. The molecule has 1 aliphatic carbocycles. The molecule has 1 atom stereocenters. The average molecular weight is 245 g/mol. The lowest BCUT2D eigenvalue weighted by Crippen LogP contribution is -2.43. The molecule has 0 spiro atoms. The van der Waals surface area contributed by atoms with E-state index in [-0.39, 0.29) is 5.91 Å². The fourth-order valence-corrected chi connectivity index (χ4v) is 2.20. The van der Waals surface area contributed by atoms with E-state index >= 15 is 0 Å². The monoisotopic (exact) mass is 244 g/mol. The van der Waals surface area contributed by atoms with Gasteiger partial charge < -0.3 is 5.32 Å². The van der Waals surface area contributed by atoms with Crippen LogP contribution in [-0.4, -0.2) is 16.3 Å². The summed E-state index contributed by atoms with van der Waals surface area (Å²) in [6, 6.07) is 1.58. The first-order valence-electron chi connectivity index (χ1n) is 4.48. The average Bonchev–Trinajstić information content (AvgIpc) is 2.53. The molecule has 72 valence electrons. The standard InChI is InChI=1S/C9H13BrN2O/c1-7(6-11)12-8(13)9(10)4-2-3-5-9/h7H,2-5H2,1H3,(H,12,13)/t7-/m0/s1. The Labute approximate surface area is 86.6 Å². The van der Waals surface area contributed by atoms with Crippen molar-refractivity contribution < 1.29 is 4.79 Å². The highest BCUT2D eigenvalue weighted by molar-refractivity contribution is 9.10. The first kappa shape index (κ1) is 10.5. The molecule has 0 unspecified atom stereocenters. The maximum Gasteiger partial charge on any atom is 0.237 e. The van der Waals surface area contributed by atoms with Gasteiger partial charge in [0.15, 0.2) is 0 Å². The van der Waals surface area contributed by atoms with Gasteiger partial charge in [-0.05, 0) is 19.8 Å². The quantitative estimate of drug-likeness (QED) is 0.753. The molecule has 0 saturated heterocycles. The molecule has 0 heterocycles. The zero-order valence-electron chi connectivity index (χ0n) is 7.64. The summed E-state index contributed by atoms with van der Waals surface area (Å²) in [5.74, 6) is -0.0425. The second-order valence-electron chi connectivity index (χ2n) is 3.50. The Bertz CT molecular complexity index is 240.